The molecule has 0 bridgehead atoms. The molecule has 17 heavy (non-hydrogen) atoms. The van der Waals surface area contributed by atoms with E-state index in [0.717, 1.165) is 15.7 Å². The minimum atomic E-state index is 0.539. The SMILES string of the molecule is NCc1ccc(Nc2ncc(Br)cc2Cl)cc1. The lowest BCUT2D eigenvalue weighted by Gasteiger charge is -2.08. The molecule has 2 aromatic rings. The molecule has 0 aliphatic carbocycles. The number of aromatic nitrogens is 1. The van der Waals surface area contributed by atoms with Crippen LogP contribution in [0.5, 0.6) is 0 Å². The third-order valence-electron chi connectivity index (χ3n) is 2.26. The summed E-state index contributed by atoms with van der Waals surface area (Å²) in [6.45, 7) is 0.539. The van der Waals surface area contributed by atoms with Crippen molar-refractivity contribution in [3.8, 4) is 0 Å². The number of benzene rings is 1. The molecule has 0 unspecified atom stereocenters. The van der Waals surface area contributed by atoms with Gasteiger partial charge in [-0.1, -0.05) is 23.7 Å². The molecule has 0 aliphatic heterocycles. The average molecular weight is 313 g/mol. The van der Waals surface area contributed by atoms with Crippen molar-refractivity contribution in [3.63, 3.8) is 0 Å². The van der Waals surface area contributed by atoms with Gasteiger partial charge in [-0.2, -0.15) is 0 Å². The smallest absolute Gasteiger partial charge is 0.149 e. The predicted octanol–water partition coefficient (Wildman–Crippen LogP) is 3.70. The Morgan fingerprint density at radius 1 is 1.29 bits per heavy atom. The highest BCUT2D eigenvalue weighted by Crippen LogP contribution is 2.25. The summed E-state index contributed by atoms with van der Waals surface area (Å²) in [5, 5.41) is 3.72. The molecule has 0 fully saturated rings. The van der Waals surface area contributed by atoms with Gasteiger partial charge in [-0.15, -0.1) is 0 Å². The van der Waals surface area contributed by atoms with Crippen LogP contribution in [-0.4, -0.2) is 4.98 Å². The van der Waals surface area contributed by atoms with Gasteiger partial charge in [-0.05, 0) is 39.7 Å². The highest BCUT2D eigenvalue weighted by atomic mass is 79.9. The van der Waals surface area contributed by atoms with Crippen LogP contribution < -0.4 is 11.1 Å². The fourth-order valence-electron chi connectivity index (χ4n) is 1.37. The maximum Gasteiger partial charge on any atom is 0.149 e. The Labute approximate surface area is 113 Å². The van der Waals surface area contributed by atoms with Crippen LogP contribution in [0.2, 0.25) is 5.02 Å². The normalized spacial score (nSPS) is 10.3. The zero-order valence-corrected chi connectivity index (χ0v) is 11.3. The number of hydrogen-bond donors (Lipinski definition) is 2. The van der Waals surface area contributed by atoms with Crippen molar-refractivity contribution in [2.24, 2.45) is 5.73 Å². The van der Waals surface area contributed by atoms with E-state index < -0.39 is 0 Å². The first-order chi connectivity index (χ1) is 8.19. The van der Waals surface area contributed by atoms with Gasteiger partial charge in [-0.25, -0.2) is 4.98 Å². The van der Waals surface area contributed by atoms with Crippen LogP contribution in [0.15, 0.2) is 41.0 Å². The van der Waals surface area contributed by atoms with E-state index in [4.69, 9.17) is 17.3 Å². The lowest BCUT2D eigenvalue weighted by atomic mass is 10.2. The van der Waals surface area contributed by atoms with Crippen LogP contribution in [-0.2, 0) is 6.54 Å². The first-order valence-corrected chi connectivity index (χ1v) is 6.23. The van der Waals surface area contributed by atoms with E-state index in [0.29, 0.717) is 17.4 Å². The number of nitrogens with two attached hydrogens (primary N) is 1. The van der Waals surface area contributed by atoms with E-state index in [1.54, 1.807) is 12.3 Å². The number of nitrogens with zero attached hydrogens (tertiary/aromatic N) is 1. The molecule has 3 N–H and O–H groups in total. The van der Waals surface area contributed by atoms with Crippen molar-refractivity contribution in [1.29, 1.82) is 0 Å². The molecule has 0 amide bonds. The van der Waals surface area contributed by atoms with Crippen LogP contribution in [0, 0.1) is 0 Å². The fourth-order valence-corrected chi connectivity index (χ4v) is 2.04. The van der Waals surface area contributed by atoms with Crippen molar-refractivity contribution >= 4 is 39.0 Å². The molecular formula is C12H11BrClN3. The van der Waals surface area contributed by atoms with Crippen molar-refractivity contribution in [1.82, 2.24) is 4.98 Å². The van der Waals surface area contributed by atoms with Gasteiger partial charge < -0.3 is 11.1 Å². The van der Waals surface area contributed by atoms with Crippen molar-refractivity contribution < 1.29 is 0 Å². The molecule has 0 aliphatic rings. The first kappa shape index (κ1) is 12.4. The first-order valence-electron chi connectivity index (χ1n) is 5.06. The molecule has 3 nitrogen and oxygen atoms in total. The summed E-state index contributed by atoms with van der Waals surface area (Å²) in [5.74, 6) is 0.635. The Bertz CT molecular complexity index is 514. The minimum Gasteiger partial charge on any atom is -0.339 e. The van der Waals surface area contributed by atoms with E-state index in [1.165, 1.54) is 0 Å². The number of anilines is 2. The maximum absolute atomic E-state index is 6.06. The maximum atomic E-state index is 6.06. The van der Waals surface area contributed by atoms with Crippen LogP contribution in [0.25, 0.3) is 0 Å². The molecule has 0 atom stereocenters. The molecule has 5 heteroatoms. The van der Waals surface area contributed by atoms with E-state index >= 15 is 0 Å². The largest absolute Gasteiger partial charge is 0.339 e. The number of hydrogen-bond acceptors (Lipinski definition) is 3. The Hall–Kier alpha value is -1.10. The Balaban J connectivity index is 2.19. The quantitative estimate of drug-likeness (QED) is 0.908. The Kier molecular flexibility index (Phi) is 3.99. The molecule has 1 aromatic heterocycles. The predicted molar refractivity (Wildman–Crippen MR) is 74.6 cm³/mol. The molecule has 88 valence electrons. The molecular weight excluding hydrogens is 302 g/mol. The zero-order valence-electron chi connectivity index (χ0n) is 8.95. The lowest BCUT2D eigenvalue weighted by Crippen LogP contribution is -1.97. The van der Waals surface area contributed by atoms with Crippen LogP contribution in [0.1, 0.15) is 5.56 Å². The van der Waals surface area contributed by atoms with Gasteiger partial charge in [0.1, 0.15) is 5.82 Å². The molecule has 0 spiro atoms. The van der Waals surface area contributed by atoms with E-state index in [9.17, 15) is 0 Å². The van der Waals surface area contributed by atoms with Crippen LogP contribution >= 0.6 is 27.5 Å². The van der Waals surface area contributed by atoms with Gasteiger partial charge in [0, 0.05) is 22.9 Å². The van der Waals surface area contributed by atoms with E-state index in [1.807, 2.05) is 24.3 Å². The zero-order chi connectivity index (χ0) is 12.3. The third kappa shape index (κ3) is 3.19. The van der Waals surface area contributed by atoms with Crippen molar-refractivity contribution in [2.45, 2.75) is 6.54 Å². The molecule has 0 saturated carbocycles. The summed E-state index contributed by atoms with van der Waals surface area (Å²) in [6, 6.07) is 9.62. The molecule has 2 rings (SSSR count). The number of rotatable bonds is 3. The van der Waals surface area contributed by atoms with Crippen LogP contribution in [0.4, 0.5) is 11.5 Å². The van der Waals surface area contributed by atoms with E-state index in [-0.39, 0.29) is 0 Å². The Morgan fingerprint density at radius 2 is 2.00 bits per heavy atom. The van der Waals surface area contributed by atoms with Crippen molar-refractivity contribution in [2.75, 3.05) is 5.32 Å². The molecule has 1 aromatic carbocycles. The molecule has 1 heterocycles. The standard InChI is InChI=1S/C12H11BrClN3/c13-9-5-11(14)12(16-7-9)17-10-3-1-8(6-15)2-4-10/h1-5,7H,6,15H2,(H,16,17). The summed E-state index contributed by atoms with van der Waals surface area (Å²) in [7, 11) is 0. The summed E-state index contributed by atoms with van der Waals surface area (Å²) >= 11 is 9.37. The second-order valence-electron chi connectivity index (χ2n) is 3.51. The van der Waals surface area contributed by atoms with Crippen molar-refractivity contribution in [3.05, 3.63) is 51.6 Å². The summed E-state index contributed by atoms with van der Waals surface area (Å²) < 4.78 is 0.853. The number of halogens is 2. The fraction of sp³-hybridized carbons (Fsp3) is 0.0833. The average Bonchev–Trinajstić information content (AvgIpc) is 2.34. The Morgan fingerprint density at radius 3 is 2.59 bits per heavy atom. The minimum absolute atomic E-state index is 0.539. The van der Waals surface area contributed by atoms with Gasteiger partial charge in [0.15, 0.2) is 0 Å². The highest BCUT2D eigenvalue weighted by molar-refractivity contribution is 9.10. The van der Waals surface area contributed by atoms with Gasteiger partial charge in [0.25, 0.3) is 0 Å². The van der Waals surface area contributed by atoms with Crippen LogP contribution in [0.3, 0.4) is 0 Å². The summed E-state index contributed by atoms with van der Waals surface area (Å²) in [6.07, 6.45) is 1.70. The third-order valence-corrected chi connectivity index (χ3v) is 2.98. The van der Waals surface area contributed by atoms with Gasteiger partial charge in [0.2, 0.25) is 0 Å². The number of nitrogens with one attached hydrogen (secondary N) is 1. The van der Waals surface area contributed by atoms with Gasteiger partial charge in [0.05, 0.1) is 5.02 Å². The highest BCUT2D eigenvalue weighted by Gasteiger charge is 2.02. The molecule has 0 saturated heterocycles. The monoisotopic (exact) mass is 311 g/mol. The number of pyridine rings is 1. The lowest BCUT2D eigenvalue weighted by molar-refractivity contribution is 1.07. The summed E-state index contributed by atoms with van der Waals surface area (Å²) in [4.78, 5) is 4.20. The van der Waals surface area contributed by atoms with Gasteiger partial charge in [-0.3, -0.25) is 0 Å². The topological polar surface area (TPSA) is 50.9 Å². The second kappa shape index (κ2) is 5.49. The van der Waals surface area contributed by atoms with E-state index in [2.05, 4.69) is 26.2 Å². The van der Waals surface area contributed by atoms with Gasteiger partial charge >= 0.3 is 0 Å². The molecule has 0 radical (unpaired) electrons. The second-order valence-corrected chi connectivity index (χ2v) is 4.83. The summed E-state index contributed by atoms with van der Waals surface area (Å²) in [5.41, 5.74) is 7.55.